The highest BCUT2D eigenvalue weighted by Gasteiger charge is 2.41. The van der Waals surface area contributed by atoms with Gasteiger partial charge in [0.1, 0.15) is 5.75 Å². The number of nitrogens with one attached hydrogen (secondary N) is 1. The van der Waals surface area contributed by atoms with E-state index in [0.717, 1.165) is 29.3 Å². The first kappa shape index (κ1) is 35.3. The second kappa shape index (κ2) is 14.2. The minimum atomic E-state index is -4.71. The first-order valence-corrected chi connectivity index (χ1v) is 17.2. The van der Waals surface area contributed by atoms with Crippen molar-refractivity contribution in [1.29, 1.82) is 0 Å². The van der Waals surface area contributed by atoms with E-state index in [0.29, 0.717) is 44.0 Å². The maximum atomic E-state index is 14.2. The molecule has 2 heterocycles. The molecule has 1 aliphatic heterocycles. The number of amides is 1. The molecule has 16 heteroatoms. The van der Waals surface area contributed by atoms with Crippen molar-refractivity contribution in [2.75, 3.05) is 77.5 Å². The molecule has 0 unspecified atom stereocenters. The summed E-state index contributed by atoms with van der Waals surface area (Å²) < 4.78 is 74.6. The number of likely N-dealkylation sites (N-methyl/N-ethyl adjacent to an activating group) is 1. The van der Waals surface area contributed by atoms with Crippen LogP contribution in [0.4, 0.5) is 30.5 Å². The molecule has 1 fully saturated rings. The number of aromatic nitrogens is 2. The van der Waals surface area contributed by atoms with Crippen LogP contribution in [0.25, 0.3) is 0 Å². The summed E-state index contributed by atoms with van der Waals surface area (Å²) in [4.78, 5) is 29.7. The van der Waals surface area contributed by atoms with E-state index in [1.807, 2.05) is 35.2 Å². The zero-order valence-corrected chi connectivity index (χ0v) is 28.3. The van der Waals surface area contributed by atoms with Crippen molar-refractivity contribution < 1.29 is 36.0 Å². The van der Waals surface area contributed by atoms with Crippen LogP contribution in [0.3, 0.4) is 0 Å². The number of anilines is 3. The van der Waals surface area contributed by atoms with E-state index in [2.05, 4.69) is 20.2 Å². The molecule has 5 rings (SSSR count). The number of sulfonamides is 1. The highest BCUT2D eigenvalue weighted by Crippen LogP contribution is 2.44. The average molecular weight is 692 g/mol. The molecule has 0 spiro atoms. The van der Waals surface area contributed by atoms with Crippen LogP contribution in [-0.4, -0.2) is 106 Å². The van der Waals surface area contributed by atoms with Crippen molar-refractivity contribution in [3.63, 3.8) is 0 Å². The number of piperazine rings is 1. The average Bonchev–Trinajstić information content (AvgIpc) is 3.41. The summed E-state index contributed by atoms with van der Waals surface area (Å²) in [5.41, 5.74) is 1.81. The van der Waals surface area contributed by atoms with Crippen LogP contribution in [0, 0.1) is 5.92 Å². The number of hydroxylamine groups is 2. The largest absolute Gasteiger partial charge is 0.494 e. The van der Waals surface area contributed by atoms with E-state index in [-0.39, 0.29) is 30.5 Å². The Balaban J connectivity index is 1.35. The molecule has 2 aromatic carbocycles. The molecular formula is C32H40F3N7O5S. The maximum Gasteiger partial charge on any atom is 0.419 e. The first-order valence-electron chi connectivity index (χ1n) is 15.4. The Hall–Kier alpha value is -3.99. The highest BCUT2D eigenvalue weighted by atomic mass is 32.2. The third-order valence-electron chi connectivity index (χ3n) is 9.00. The SMILES string of the molecule is COc1cc(N2CCN(CC(=O)N(C)OC)CC2)ccc1Nc1ncc(C(F)(F)F)c(C[C@@H]2Cc3ccccc3[C@H]2N(C)S(C)(=O)=O)n1. The van der Waals surface area contributed by atoms with Gasteiger partial charge in [-0.3, -0.25) is 14.5 Å². The lowest BCUT2D eigenvalue weighted by atomic mass is 9.93. The molecule has 1 N–H and O–H groups in total. The van der Waals surface area contributed by atoms with Crippen molar-refractivity contribution in [2.24, 2.45) is 5.92 Å². The van der Waals surface area contributed by atoms with Crippen LogP contribution in [-0.2, 0) is 38.7 Å². The predicted octanol–water partition coefficient (Wildman–Crippen LogP) is 3.74. The fraction of sp³-hybridized carbons (Fsp3) is 0.469. The zero-order chi connectivity index (χ0) is 34.8. The molecule has 0 bridgehead atoms. The zero-order valence-electron chi connectivity index (χ0n) is 27.5. The van der Waals surface area contributed by atoms with Gasteiger partial charge in [-0.05, 0) is 42.0 Å². The number of nitrogens with zero attached hydrogens (tertiary/aromatic N) is 6. The number of carbonyl (C=O) groups is 1. The lowest BCUT2D eigenvalue weighted by Crippen LogP contribution is -2.49. The number of benzene rings is 2. The van der Waals surface area contributed by atoms with Gasteiger partial charge >= 0.3 is 6.18 Å². The van der Waals surface area contributed by atoms with Crippen molar-refractivity contribution in [3.8, 4) is 5.75 Å². The molecule has 2 aliphatic rings. The maximum absolute atomic E-state index is 14.2. The van der Waals surface area contributed by atoms with Gasteiger partial charge in [-0.25, -0.2) is 23.4 Å². The number of hydrogen-bond acceptors (Lipinski definition) is 10. The number of hydrogen-bond donors (Lipinski definition) is 1. The Bertz CT molecular complexity index is 1740. The van der Waals surface area contributed by atoms with Crippen LogP contribution in [0.1, 0.15) is 28.4 Å². The quantitative estimate of drug-likeness (QED) is 0.298. The Morgan fingerprint density at radius 1 is 1.08 bits per heavy atom. The number of rotatable bonds is 11. The molecule has 12 nitrogen and oxygen atoms in total. The number of fused-ring (bicyclic) bond motifs is 1. The summed E-state index contributed by atoms with van der Waals surface area (Å²) >= 11 is 0. The van der Waals surface area contributed by atoms with E-state index in [1.54, 1.807) is 19.2 Å². The van der Waals surface area contributed by atoms with Gasteiger partial charge in [0.15, 0.2) is 0 Å². The highest BCUT2D eigenvalue weighted by molar-refractivity contribution is 7.88. The van der Waals surface area contributed by atoms with E-state index in [1.165, 1.54) is 30.6 Å². The second-order valence-electron chi connectivity index (χ2n) is 12.0. The molecule has 48 heavy (non-hydrogen) atoms. The smallest absolute Gasteiger partial charge is 0.419 e. The van der Waals surface area contributed by atoms with Gasteiger partial charge in [-0.1, -0.05) is 24.3 Å². The van der Waals surface area contributed by atoms with Gasteiger partial charge in [0.25, 0.3) is 5.91 Å². The summed E-state index contributed by atoms with van der Waals surface area (Å²) in [7, 11) is 2.31. The summed E-state index contributed by atoms with van der Waals surface area (Å²) in [5.74, 6) is -0.227. The standard InChI is InChI=1S/C32H40F3N7O5S/c1-39(47-4)29(43)20-41-12-14-42(15-13-41)23-10-11-26(28(18-23)46-3)37-31-36-19-25(32(33,34)35)27(38-31)17-22-16-21-8-6-7-9-24(21)30(22)40(2)48(5,44)45/h6-11,18-19,22,30H,12-17,20H2,1-5H3,(H,36,37,38)/t22-,30-/m0/s1. The van der Waals surface area contributed by atoms with Crippen LogP contribution >= 0.6 is 0 Å². The van der Waals surface area contributed by atoms with Crippen molar-refractivity contribution >= 4 is 33.3 Å². The summed E-state index contributed by atoms with van der Waals surface area (Å²) in [5, 5.41) is 4.22. The molecular weight excluding hydrogens is 651 g/mol. The summed E-state index contributed by atoms with van der Waals surface area (Å²) in [6.45, 7) is 2.93. The number of methoxy groups -OCH3 is 1. The van der Waals surface area contributed by atoms with Crippen molar-refractivity contribution in [3.05, 3.63) is 71.0 Å². The van der Waals surface area contributed by atoms with E-state index < -0.39 is 33.7 Å². The van der Waals surface area contributed by atoms with E-state index in [9.17, 15) is 26.4 Å². The molecule has 1 saturated heterocycles. The number of halogens is 3. The summed E-state index contributed by atoms with van der Waals surface area (Å²) in [6.07, 6.45) is -2.59. The Morgan fingerprint density at radius 2 is 1.79 bits per heavy atom. The fourth-order valence-corrected chi connectivity index (χ4v) is 7.01. The molecule has 2 atom stereocenters. The van der Waals surface area contributed by atoms with Crippen molar-refractivity contribution in [1.82, 2.24) is 24.2 Å². The number of carbonyl (C=O) groups excluding carboxylic acids is 1. The lowest BCUT2D eigenvalue weighted by Gasteiger charge is -2.36. The molecule has 1 aromatic heterocycles. The van der Waals surface area contributed by atoms with Crippen LogP contribution < -0.4 is 15.0 Å². The fourth-order valence-electron chi connectivity index (χ4n) is 6.31. The first-order chi connectivity index (χ1) is 22.7. The molecule has 0 radical (unpaired) electrons. The molecule has 3 aromatic rings. The van der Waals surface area contributed by atoms with Gasteiger partial charge in [0.05, 0.1) is 50.0 Å². The monoisotopic (exact) mass is 691 g/mol. The molecule has 260 valence electrons. The third kappa shape index (κ3) is 7.83. The number of ether oxygens (including phenoxy) is 1. The van der Waals surface area contributed by atoms with Crippen LogP contribution in [0.5, 0.6) is 5.75 Å². The lowest BCUT2D eigenvalue weighted by molar-refractivity contribution is -0.169. The third-order valence-corrected chi connectivity index (χ3v) is 10.3. The molecule has 1 amide bonds. The van der Waals surface area contributed by atoms with Crippen molar-refractivity contribution in [2.45, 2.75) is 25.1 Å². The molecule has 1 aliphatic carbocycles. The van der Waals surface area contributed by atoms with Gasteiger partial charge in [-0.15, -0.1) is 0 Å². The van der Waals surface area contributed by atoms with E-state index >= 15 is 0 Å². The van der Waals surface area contributed by atoms with E-state index in [4.69, 9.17) is 9.57 Å². The second-order valence-corrected chi connectivity index (χ2v) is 14.0. The van der Waals surface area contributed by atoms with Crippen LogP contribution in [0.2, 0.25) is 0 Å². The Morgan fingerprint density at radius 3 is 2.44 bits per heavy atom. The number of alkyl halides is 3. The van der Waals surface area contributed by atoms with Gasteiger partial charge < -0.3 is 15.0 Å². The van der Waals surface area contributed by atoms with Gasteiger partial charge in [0, 0.05) is 58.2 Å². The minimum absolute atomic E-state index is 0.0492. The minimum Gasteiger partial charge on any atom is -0.494 e. The predicted molar refractivity (Wildman–Crippen MR) is 174 cm³/mol. The Labute approximate surface area is 278 Å². The topological polar surface area (TPSA) is 120 Å². The van der Waals surface area contributed by atoms with Crippen LogP contribution in [0.15, 0.2) is 48.7 Å². The van der Waals surface area contributed by atoms with Gasteiger partial charge in [0.2, 0.25) is 16.0 Å². The summed E-state index contributed by atoms with van der Waals surface area (Å²) in [6, 6.07) is 12.1. The molecule has 0 saturated carbocycles. The normalized spacial score (nSPS) is 18.6. The van der Waals surface area contributed by atoms with Gasteiger partial charge in [-0.2, -0.15) is 17.5 Å². The Kier molecular flexibility index (Phi) is 10.5.